The van der Waals surface area contributed by atoms with Gasteiger partial charge in [-0.05, 0) is 72.5 Å². The molecule has 1 aliphatic rings. The van der Waals surface area contributed by atoms with E-state index in [1.165, 1.54) is 5.56 Å². The quantitative estimate of drug-likeness (QED) is 0.465. The van der Waals surface area contributed by atoms with Crippen molar-refractivity contribution in [1.29, 1.82) is 0 Å². The van der Waals surface area contributed by atoms with Crippen molar-refractivity contribution in [2.45, 2.75) is 99.0 Å². The van der Waals surface area contributed by atoms with Crippen LogP contribution < -0.4 is 4.74 Å². The summed E-state index contributed by atoms with van der Waals surface area (Å²) in [6, 6.07) is 6.07. The topological polar surface area (TPSA) is 35.5 Å². The monoisotopic (exact) mass is 402 g/mol. The van der Waals surface area contributed by atoms with Gasteiger partial charge in [0.25, 0.3) is 0 Å². The number of methoxy groups -OCH3 is 1. The first kappa shape index (κ1) is 23.8. The van der Waals surface area contributed by atoms with Gasteiger partial charge in [0.05, 0.1) is 7.11 Å². The third-order valence-corrected chi connectivity index (χ3v) is 6.51. The van der Waals surface area contributed by atoms with Gasteiger partial charge in [0.2, 0.25) is 0 Å². The number of esters is 1. The summed E-state index contributed by atoms with van der Waals surface area (Å²) in [6.07, 6.45) is 5.20. The molecule has 0 aromatic heterocycles. The molecule has 0 amide bonds. The molecule has 1 aromatic rings. The second-order valence-corrected chi connectivity index (χ2v) is 11.5. The number of hydrogen-bond donors (Lipinski definition) is 0. The van der Waals surface area contributed by atoms with E-state index in [0.29, 0.717) is 23.1 Å². The molecule has 1 atom stereocenters. The Balaban J connectivity index is 2.42. The number of carbonyl (C=O) groups is 1. The summed E-state index contributed by atoms with van der Waals surface area (Å²) in [7, 11) is 1.62. The lowest BCUT2D eigenvalue weighted by Gasteiger charge is -2.36. The van der Waals surface area contributed by atoms with Gasteiger partial charge < -0.3 is 9.47 Å². The van der Waals surface area contributed by atoms with Crippen LogP contribution in [0, 0.1) is 16.7 Å². The average Bonchev–Trinajstić information content (AvgIpc) is 3.07. The summed E-state index contributed by atoms with van der Waals surface area (Å²) in [6.45, 7) is 18.0. The normalized spacial score (nSPS) is 18.0. The van der Waals surface area contributed by atoms with Crippen LogP contribution in [0.25, 0.3) is 0 Å². The summed E-state index contributed by atoms with van der Waals surface area (Å²) in [4.78, 5) is 13.3. The third-order valence-electron chi connectivity index (χ3n) is 6.51. The van der Waals surface area contributed by atoms with Gasteiger partial charge in [-0.15, -0.1) is 0 Å². The van der Waals surface area contributed by atoms with Crippen molar-refractivity contribution in [2.75, 3.05) is 7.11 Å². The highest BCUT2D eigenvalue weighted by molar-refractivity contribution is 5.93. The number of ether oxygens (including phenoxy) is 2. The molecule has 0 radical (unpaired) electrons. The Hall–Kier alpha value is -1.51. The van der Waals surface area contributed by atoms with Crippen LogP contribution in [0.1, 0.15) is 109 Å². The first-order chi connectivity index (χ1) is 13.3. The van der Waals surface area contributed by atoms with Crippen LogP contribution in [-0.4, -0.2) is 18.7 Å². The Morgan fingerprint density at radius 2 is 1.66 bits per heavy atom. The van der Waals surface area contributed by atoms with Crippen LogP contribution in [0.3, 0.4) is 0 Å². The van der Waals surface area contributed by atoms with Crippen LogP contribution in [-0.2, 0) is 4.74 Å². The van der Waals surface area contributed by atoms with E-state index in [0.717, 1.165) is 32.1 Å². The predicted molar refractivity (Wildman–Crippen MR) is 121 cm³/mol. The number of benzene rings is 1. The van der Waals surface area contributed by atoms with Gasteiger partial charge in [0.1, 0.15) is 16.9 Å². The smallest absolute Gasteiger partial charge is 0.342 e. The molecule has 3 heteroatoms. The van der Waals surface area contributed by atoms with Gasteiger partial charge in [0.15, 0.2) is 0 Å². The van der Waals surface area contributed by atoms with Gasteiger partial charge in [0, 0.05) is 0 Å². The van der Waals surface area contributed by atoms with Crippen LogP contribution in [0.2, 0.25) is 0 Å². The predicted octanol–water partition coefficient (Wildman–Crippen LogP) is 7.39. The van der Waals surface area contributed by atoms with Gasteiger partial charge in [-0.1, -0.05) is 61.5 Å². The van der Waals surface area contributed by atoms with Crippen molar-refractivity contribution in [3.63, 3.8) is 0 Å². The van der Waals surface area contributed by atoms with E-state index >= 15 is 0 Å². The third kappa shape index (κ3) is 5.77. The highest BCUT2D eigenvalue weighted by Crippen LogP contribution is 2.45. The molecular formula is C26H42O3. The van der Waals surface area contributed by atoms with Gasteiger partial charge in [-0.3, -0.25) is 0 Å². The molecule has 3 nitrogen and oxygen atoms in total. The second kappa shape index (κ2) is 8.70. The van der Waals surface area contributed by atoms with Crippen LogP contribution >= 0.6 is 0 Å². The Bertz CT molecular complexity index is 698. The van der Waals surface area contributed by atoms with Gasteiger partial charge >= 0.3 is 5.97 Å². The maximum atomic E-state index is 13.3. The van der Waals surface area contributed by atoms with Crippen molar-refractivity contribution in [2.24, 2.45) is 16.7 Å². The molecule has 0 spiro atoms. The fourth-order valence-corrected chi connectivity index (χ4v) is 4.65. The van der Waals surface area contributed by atoms with Crippen molar-refractivity contribution in [1.82, 2.24) is 0 Å². The lowest BCUT2D eigenvalue weighted by Crippen LogP contribution is -2.37. The minimum Gasteiger partial charge on any atom is -0.496 e. The first-order valence-corrected chi connectivity index (χ1v) is 11.2. The minimum atomic E-state index is -0.340. The number of hydrogen-bond acceptors (Lipinski definition) is 3. The van der Waals surface area contributed by atoms with Crippen molar-refractivity contribution in [3.05, 3.63) is 29.3 Å². The summed E-state index contributed by atoms with van der Waals surface area (Å²) in [5.74, 6) is 0.999. The summed E-state index contributed by atoms with van der Waals surface area (Å²) in [5.41, 5.74) is 1.69. The van der Waals surface area contributed by atoms with Crippen LogP contribution in [0.15, 0.2) is 18.2 Å². The van der Waals surface area contributed by atoms with Crippen LogP contribution in [0.5, 0.6) is 5.75 Å². The molecule has 1 aromatic carbocycles. The Morgan fingerprint density at radius 3 is 2.10 bits per heavy atom. The fraction of sp³-hybridized carbons (Fsp3) is 0.731. The Labute approximate surface area is 178 Å². The lowest BCUT2D eigenvalue weighted by molar-refractivity contribution is -0.0399. The highest BCUT2D eigenvalue weighted by atomic mass is 16.6. The highest BCUT2D eigenvalue weighted by Gasteiger charge is 2.41. The number of carbonyl (C=O) groups excluding carboxylic acids is 1. The van der Waals surface area contributed by atoms with E-state index < -0.39 is 0 Å². The molecule has 164 valence electrons. The van der Waals surface area contributed by atoms with E-state index in [4.69, 9.17) is 9.47 Å². The first-order valence-electron chi connectivity index (χ1n) is 11.2. The van der Waals surface area contributed by atoms with E-state index in [-0.39, 0.29) is 22.4 Å². The minimum absolute atomic E-state index is 0.0909. The van der Waals surface area contributed by atoms with E-state index in [1.54, 1.807) is 7.11 Å². The average molecular weight is 403 g/mol. The Morgan fingerprint density at radius 1 is 1.07 bits per heavy atom. The standard InChI is InChI=1S/C26H42O3/c1-18(2)26(14-10-11-15-26)29-23(27)20-16-19(12-13-22(20)28-9)21(25(6,7)8)17-24(3,4)5/h12-13,16,18,21H,10-11,14-15,17H2,1-9H3. The maximum absolute atomic E-state index is 13.3. The Kier molecular flexibility index (Phi) is 7.13. The zero-order chi connectivity index (χ0) is 22.0. The van der Waals surface area contributed by atoms with Gasteiger partial charge in [-0.2, -0.15) is 0 Å². The van der Waals surface area contributed by atoms with E-state index in [1.807, 2.05) is 12.1 Å². The molecule has 2 rings (SSSR count). The molecule has 0 aliphatic heterocycles. The van der Waals surface area contributed by atoms with E-state index in [2.05, 4.69) is 61.5 Å². The molecule has 0 bridgehead atoms. The molecule has 0 N–H and O–H groups in total. The summed E-state index contributed by atoms with van der Waals surface area (Å²) < 4.78 is 11.7. The summed E-state index contributed by atoms with van der Waals surface area (Å²) in [5, 5.41) is 0. The zero-order valence-electron chi connectivity index (χ0n) is 20.1. The zero-order valence-corrected chi connectivity index (χ0v) is 20.1. The molecule has 0 heterocycles. The molecule has 29 heavy (non-hydrogen) atoms. The second-order valence-electron chi connectivity index (χ2n) is 11.5. The molecule has 1 aliphatic carbocycles. The fourth-order valence-electron chi connectivity index (χ4n) is 4.65. The van der Waals surface area contributed by atoms with E-state index in [9.17, 15) is 4.79 Å². The SMILES string of the molecule is COc1ccc(C(CC(C)(C)C)C(C)(C)C)cc1C(=O)OC1(C(C)C)CCCC1. The van der Waals surface area contributed by atoms with Crippen molar-refractivity contribution in [3.8, 4) is 5.75 Å². The molecule has 1 unspecified atom stereocenters. The summed E-state index contributed by atoms with van der Waals surface area (Å²) >= 11 is 0. The van der Waals surface area contributed by atoms with Gasteiger partial charge in [-0.25, -0.2) is 4.79 Å². The van der Waals surface area contributed by atoms with Crippen LogP contribution in [0.4, 0.5) is 0 Å². The van der Waals surface area contributed by atoms with Crippen molar-refractivity contribution >= 4 is 5.97 Å². The van der Waals surface area contributed by atoms with Crippen molar-refractivity contribution < 1.29 is 14.3 Å². The lowest BCUT2D eigenvalue weighted by atomic mass is 9.69. The molecule has 1 saturated carbocycles. The molecular weight excluding hydrogens is 360 g/mol. The largest absolute Gasteiger partial charge is 0.496 e. The molecule has 0 saturated heterocycles. The maximum Gasteiger partial charge on any atom is 0.342 e. The molecule has 1 fully saturated rings. The number of rotatable bonds is 6.